The van der Waals surface area contributed by atoms with Crippen molar-refractivity contribution in [3.63, 3.8) is 0 Å². The molecule has 0 radical (unpaired) electrons. The highest BCUT2D eigenvalue weighted by Crippen LogP contribution is 2.24. The maximum atomic E-state index is 12.7. The van der Waals surface area contributed by atoms with Gasteiger partial charge in [0, 0.05) is 18.8 Å². The molecule has 0 aliphatic carbocycles. The fraction of sp³-hybridized carbons (Fsp3) is 0.600. The molecule has 0 bridgehead atoms. The summed E-state index contributed by atoms with van der Waals surface area (Å²) in [5.74, 6) is 0.0996. The molecule has 1 aromatic heterocycles. The molecule has 0 aromatic carbocycles. The Labute approximate surface area is 123 Å². The van der Waals surface area contributed by atoms with Crippen LogP contribution in [0.25, 0.3) is 0 Å². The quantitative estimate of drug-likeness (QED) is 0.834. The van der Waals surface area contributed by atoms with E-state index in [4.69, 9.17) is 4.74 Å². The summed E-state index contributed by atoms with van der Waals surface area (Å²) in [6.07, 6.45) is 4.50. The van der Waals surface area contributed by atoms with E-state index >= 15 is 0 Å². The van der Waals surface area contributed by atoms with Gasteiger partial charge in [0.15, 0.2) is 11.4 Å². The van der Waals surface area contributed by atoms with Crippen LogP contribution >= 0.6 is 0 Å². The molecule has 2 aliphatic heterocycles. The molecule has 0 saturated carbocycles. The van der Waals surface area contributed by atoms with E-state index in [9.17, 15) is 9.59 Å². The molecule has 0 spiro atoms. The minimum atomic E-state index is -0.214. The van der Waals surface area contributed by atoms with Crippen molar-refractivity contribution in [1.82, 2.24) is 14.8 Å². The summed E-state index contributed by atoms with van der Waals surface area (Å²) in [4.78, 5) is 26.6. The van der Waals surface area contributed by atoms with Crippen LogP contribution in [0.5, 0.6) is 5.75 Å². The summed E-state index contributed by atoms with van der Waals surface area (Å²) >= 11 is 0. The zero-order chi connectivity index (χ0) is 14.8. The molecule has 1 aromatic rings. The summed E-state index contributed by atoms with van der Waals surface area (Å²) in [5, 5.41) is 3.34. The van der Waals surface area contributed by atoms with Gasteiger partial charge in [-0.05, 0) is 19.4 Å². The molecule has 6 nitrogen and oxygen atoms in total. The fourth-order valence-corrected chi connectivity index (χ4v) is 2.90. The van der Waals surface area contributed by atoms with Crippen LogP contribution in [0.3, 0.4) is 0 Å². The molecule has 1 fully saturated rings. The monoisotopic (exact) mass is 291 g/mol. The van der Waals surface area contributed by atoms with E-state index in [2.05, 4.69) is 12.2 Å². The summed E-state index contributed by atoms with van der Waals surface area (Å²) in [7, 11) is 0. The minimum absolute atomic E-state index is 0.0183. The maximum absolute atomic E-state index is 12.7. The van der Waals surface area contributed by atoms with Crippen LogP contribution in [-0.4, -0.2) is 41.2 Å². The van der Waals surface area contributed by atoms with Crippen LogP contribution in [0.15, 0.2) is 17.1 Å². The molecule has 1 N–H and O–H groups in total. The number of fused-ring (bicyclic) bond motifs is 2. The second kappa shape index (κ2) is 5.89. The highest BCUT2D eigenvalue weighted by Gasteiger charge is 2.36. The lowest BCUT2D eigenvalue weighted by atomic mass is 10.1. The van der Waals surface area contributed by atoms with Crippen molar-refractivity contribution >= 4 is 5.91 Å². The van der Waals surface area contributed by atoms with Gasteiger partial charge in [0.1, 0.15) is 6.17 Å². The lowest BCUT2D eigenvalue weighted by Gasteiger charge is -2.41. The normalized spacial score (nSPS) is 20.9. The number of nitrogens with one attached hydrogen (secondary N) is 1. The van der Waals surface area contributed by atoms with Crippen molar-refractivity contribution in [3.8, 4) is 5.75 Å². The lowest BCUT2D eigenvalue weighted by molar-refractivity contribution is 0.0461. The Morgan fingerprint density at radius 2 is 2.29 bits per heavy atom. The van der Waals surface area contributed by atoms with Gasteiger partial charge in [0.2, 0.25) is 5.43 Å². The van der Waals surface area contributed by atoms with E-state index in [-0.39, 0.29) is 23.3 Å². The third kappa shape index (κ3) is 2.55. The van der Waals surface area contributed by atoms with E-state index in [0.29, 0.717) is 18.8 Å². The van der Waals surface area contributed by atoms with Gasteiger partial charge in [0.05, 0.1) is 13.2 Å². The molecular formula is C15H21N3O3. The molecule has 3 heterocycles. The number of hydrogen-bond acceptors (Lipinski definition) is 4. The van der Waals surface area contributed by atoms with Crippen molar-refractivity contribution in [1.29, 1.82) is 0 Å². The SMILES string of the molecule is CCCCOc1c2n(ccc1=O)CC1NCCCN1C2=O. The Bertz CT molecular complexity index is 596. The molecule has 1 atom stereocenters. The number of nitrogens with zero attached hydrogens (tertiary/aromatic N) is 2. The first kappa shape index (κ1) is 14.1. The first-order chi connectivity index (χ1) is 10.2. The zero-order valence-corrected chi connectivity index (χ0v) is 12.3. The van der Waals surface area contributed by atoms with Gasteiger partial charge >= 0.3 is 0 Å². The average Bonchev–Trinajstić information content (AvgIpc) is 2.50. The fourth-order valence-electron chi connectivity index (χ4n) is 2.90. The molecule has 1 amide bonds. The first-order valence-corrected chi connectivity index (χ1v) is 7.63. The highest BCUT2D eigenvalue weighted by atomic mass is 16.5. The van der Waals surface area contributed by atoms with Crippen LogP contribution in [-0.2, 0) is 6.54 Å². The smallest absolute Gasteiger partial charge is 0.275 e. The lowest BCUT2D eigenvalue weighted by Crippen LogP contribution is -2.59. The number of unbranched alkanes of at least 4 members (excludes halogenated alkanes) is 1. The van der Waals surface area contributed by atoms with Gasteiger partial charge in [-0.2, -0.15) is 0 Å². The van der Waals surface area contributed by atoms with Crippen molar-refractivity contribution in [2.75, 3.05) is 19.7 Å². The highest BCUT2D eigenvalue weighted by molar-refractivity contribution is 5.96. The number of pyridine rings is 1. The molecule has 114 valence electrons. The Hall–Kier alpha value is -1.82. The Balaban J connectivity index is 1.96. The second-order valence-corrected chi connectivity index (χ2v) is 5.53. The van der Waals surface area contributed by atoms with Gasteiger partial charge in [-0.15, -0.1) is 0 Å². The van der Waals surface area contributed by atoms with Crippen LogP contribution in [0.1, 0.15) is 36.7 Å². The van der Waals surface area contributed by atoms with Crippen molar-refractivity contribution in [3.05, 3.63) is 28.2 Å². The summed E-state index contributed by atoms with van der Waals surface area (Å²) in [6, 6.07) is 1.48. The van der Waals surface area contributed by atoms with Crippen LogP contribution in [0.4, 0.5) is 0 Å². The molecule has 1 unspecified atom stereocenters. The third-order valence-corrected chi connectivity index (χ3v) is 4.04. The van der Waals surface area contributed by atoms with E-state index < -0.39 is 0 Å². The number of rotatable bonds is 4. The number of carbonyl (C=O) groups excluding carboxylic acids is 1. The van der Waals surface area contributed by atoms with E-state index in [1.54, 1.807) is 6.20 Å². The Morgan fingerprint density at radius 1 is 1.43 bits per heavy atom. The van der Waals surface area contributed by atoms with Crippen molar-refractivity contribution in [2.24, 2.45) is 0 Å². The van der Waals surface area contributed by atoms with Crippen molar-refractivity contribution in [2.45, 2.75) is 38.9 Å². The molecular weight excluding hydrogens is 270 g/mol. The summed E-state index contributed by atoms with van der Waals surface area (Å²) in [5.41, 5.74) is 0.188. The van der Waals surface area contributed by atoms with Gasteiger partial charge in [-0.3, -0.25) is 14.9 Å². The van der Waals surface area contributed by atoms with Gasteiger partial charge in [-0.25, -0.2) is 0 Å². The Morgan fingerprint density at radius 3 is 3.10 bits per heavy atom. The summed E-state index contributed by atoms with van der Waals surface area (Å²) < 4.78 is 7.46. The molecule has 3 rings (SSSR count). The molecule has 21 heavy (non-hydrogen) atoms. The standard InChI is InChI=1S/C15H21N3O3/c1-2-3-9-21-14-11(19)5-8-17-10-12-16-6-4-7-18(12)15(20)13(14)17/h5,8,12,16H,2-4,6-7,9-10H2,1H3. The largest absolute Gasteiger partial charge is 0.487 e. The van der Waals surface area contributed by atoms with Crippen LogP contribution in [0.2, 0.25) is 0 Å². The van der Waals surface area contributed by atoms with Crippen LogP contribution < -0.4 is 15.5 Å². The Kier molecular flexibility index (Phi) is 3.96. The van der Waals surface area contributed by atoms with Crippen LogP contribution in [0, 0.1) is 0 Å². The maximum Gasteiger partial charge on any atom is 0.275 e. The number of aromatic nitrogens is 1. The third-order valence-electron chi connectivity index (χ3n) is 4.04. The van der Waals surface area contributed by atoms with Gasteiger partial charge < -0.3 is 14.2 Å². The first-order valence-electron chi connectivity index (χ1n) is 7.63. The predicted octanol–water partition coefficient (Wildman–Crippen LogP) is 0.802. The number of amides is 1. The van der Waals surface area contributed by atoms with E-state index in [0.717, 1.165) is 32.4 Å². The number of hydrogen-bond donors (Lipinski definition) is 1. The molecule has 1 saturated heterocycles. The number of ether oxygens (including phenoxy) is 1. The second-order valence-electron chi connectivity index (χ2n) is 5.53. The van der Waals surface area contributed by atoms with E-state index in [1.807, 2.05) is 9.47 Å². The van der Waals surface area contributed by atoms with Gasteiger partial charge in [-0.1, -0.05) is 13.3 Å². The summed E-state index contributed by atoms with van der Waals surface area (Å²) in [6.45, 7) is 4.84. The minimum Gasteiger partial charge on any atom is -0.487 e. The van der Waals surface area contributed by atoms with E-state index in [1.165, 1.54) is 6.07 Å². The zero-order valence-electron chi connectivity index (χ0n) is 12.3. The predicted molar refractivity (Wildman–Crippen MR) is 78.5 cm³/mol. The average molecular weight is 291 g/mol. The molecule has 6 heteroatoms. The number of carbonyl (C=O) groups is 1. The van der Waals surface area contributed by atoms with Gasteiger partial charge in [0.25, 0.3) is 5.91 Å². The molecule has 2 aliphatic rings. The topological polar surface area (TPSA) is 63.6 Å². The van der Waals surface area contributed by atoms with Crippen molar-refractivity contribution < 1.29 is 9.53 Å².